The number of likely N-dealkylation sites (N-methyl/N-ethyl adjacent to an activating group) is 1. The maximum Gasteiger partial charge on any atom is 0.135 e. The average Bonchev–Trinajstić information content (AvgIpc) is 3.37. The molecule has 5 nitrogen and oxygen atoms in total. The molecule has 0 bridgehead atoms. The molecule has 1 fully saturated rings. The highest BCUT2D eigenvalue weighted by atomic mass is 19.1. The molecule has 2 N–H and O–H groups in total. The van der Waals surface area contributed by atoms with Gasteiger partial charge < -0.3 is 20.4 Å². The molecule has 0 amide bonds. The summed E-state index contributed by atoms with van der Waals surface area (Å²) in [6.07, 6.45) is 5.91. The first-order chi connectivity index (χ1) is 16.9. The lowest BCUT2D eigenvalue weighted by molar-refractivity contribution is 0.496. The molecule has 3 aliphatic heterocycles. The molecule has 0 radical (unpaired) electrons. The van der Waals surface area contributed by atoms with E-state index in [0.717, 1.165) is 98.1 Å². The second-order valence-corrected chi connectivity index (χ2v) is 9.99. The quantitative estimate of drug-likeness (QED) is 0.468. The minimum Gasteiger partial charge on any atom is -0.345 e. The van der Waals surface area contributed by atoms with E-state index in [4.69, 9.17) is 4.98 Å². The van der Waals surface area contributed by atoms with Gasteiger partial charge in [-0.3, -0.25) is 0 Å². The van der Waals surface area contributed by atoms with E-state index in [2.05, 4.69) is 59.2 Å². The molecule has 0 spiro atoms. The van der Waals surface area contributed by atoms with Crippen LogP contribution < -0.4 is 20.4 Å². The summed E-state index contributed by atoms with van der Waals surface area (Å²) >= 11 is 0. The molecule has 1 atom stereocenters. The normalized spacial score (nSPS) is 19.3. The van der Waals surface area contributed by atoms with Crippen LogP contribution in [0.2, 0.25) is 0 Å². The monoisotopic (exact) mass is 473 g/mol. The van der Waals surface area contributed by atoms with Gasteiger partial charge in [0.25, 0.3) is 0 Å². The van der Waals surface area contributed by atoms with Gasteiger partial charge in [-0.25, -0.2) is 9.37 Å². The van der Waals surface area contributed by atoms with Crippen molar-refractivity contribution >= 4 is 17.3 Å². The molecular formula is C29H36FN5. The molecule has 4 heterocycles. The summed E-state index contributed by atoms with van der Waals surface area (Å²) in [5, 5.41) is 6.82. The summed E-state index contributed by atoms with van der Waals surface area (Å²) in [6, 6.07) is 7.79. The van der Waals surface area contributed by atoms with E-state index >= 15 is 0 Å². The van der Waals surface area contributed by atoms with Crippen LogP contribution in [0.25, 0.3) is 0 Å². The molecule has 184 valence electrons. The smallest absolute Gasteiger partial charge is 0.135 e. The first-order valence-corrected chi connectivity index (χ1v) is 12.8. The number of allylic oxidation sites excluding steroid dienone is 3. The standard InChI is InChI=1S/C29H36FN5/c1-5-34-21(4)16-24-10-12-26(30)25(28(24)34)17-31-14-6-7-22-15-20(3)35(18-22)27-13-11-23-9-8-19(2)32-29(23)33-27/h10-13,22,31H,2-9,14-18H2,1H3,(H,32,33). The van der Waals surface area contributed by atoms with Gasteiger partial charge in [0.05, 0.1) is 5.69 Å². The molecule has 3 aliphatic rings. The summed E-state index contributed by atoms with van der Waals surface area (Å²) in [5.41, 5.74) is 7.42. The average molecular weight is 474 g/mol. The molecule has 6 heteroatoms. The molecule has 0 aliphatic carbocycles. The van der Waals surface area contributed by atoms with Crippen LogP contribution in [0, 0.1) is 11.7 Å². The number of halogens is 1. The van der Waals surface area contributed by atoms with Crippen molar-refractivity contribution in [3.05, 3.63) is 83.6 Å². The van der Waals surface area contributed by atoms with Crippen LogP contribution >= 0.6 is 0 Å². The van der Waals surface area contributed by atoms with Gasteiger partial charge in [0, 0.05) is 48.7 Å². The third kappa shape index (κ3) is 4.72. The number of hydrogen-bond donors (Lipinski definition) is 2. The summed E-state index contributed by atoms with van der Waals surface area (Å²) in [7, 11) is 0. The van der Waals surface area contributed by atoms with E-state index in [-0.39, 0.29) is 5.82 Å². The van der Waals surface area contributed by atoms with E-state index < -0.39 is 0 Å². The molecule has 1 saturated heterocycles. The van der Waals surface area contributed by atoms with Crippen LogP contribution in [-0.4, -0.2) is 24.6 Å². The second kappa shape index (κ2) is 9.86. The molecule has 35 heavy (non-hydrogen) atoms. The first kappa shape index (κ1) is 23.6. The Kier molecular flexibility index (Phi) is 6.65. The third-order valence-electron chi connectivity index (χ3n) is 7.52. The lowest BCUT2D eigenvalue weighted by Crippen LogP contribution is -2.23. The number of rotatable bonds is 8. The van der Waals surface area contributed by atoms with Gasteiger partial charge >= 0.3 is 0 Å². The van der Waals surface area contributed by atoms with E-state index in [9.17, 15) is 4.39 Å². The minimum atomic E-state index is -0.136. The van der Waals surface area contributed by atoms with E-state index in [1.165, 1.54) is 11.1 Å². The zero-order valence-electron chi connectivity index (χ0n) is 20.8. The van der Waals surface area contributed by atoms with Gasteiger partial charge in [-0.05, 0) is 74.8 Å². The number of nitrogens with zero attached hydrogens (tertiary/aromatic N) is 3. The molecule has 1 aromatic heterocycles. The molecule has 5 rings (SSSR count). The Morgan fingerprint density at radius 1 is 1.11 bits per heavy atom. The van der Waals surface area contributed by atoms with Gasteiger partial charge in [0.15, 0.2) is 0 Å². The largest absolute Gasteiger partial charge is 0.345 e. The van der Waals surface area contributed by atoms with E-state index in [1.807, 2.05) is 6.07 Å². The van der Waals surface area contributed by atoms with Gasteiger partial charge in [0.1, 0.15) is 17.5 Å². The van der Waals surface area contributed by atoms with Crippen LogP contribution in [0.15, 0.2) is 61.1 Å². The SMILES string of the molecule is C=C1CCc2ccc(N3CC(CCCNCc4c(F)ccc5c4N(CC)C(=C)C5)CC3=C)nc2N1. The Labute approximate surface area is 208 Å². The number of anilines is 3. The maximum absolute atomic E-state index is 14.7. The summed E-state index contributed by atoms with van der Waals surface area (Å²) in [4.78, 5) is 9.27. The van der Waals surface area contributed by atoms with Gasteiger partial charge in [-0.1, -0.05) is 31.9 Å². The number of benzene rings is 1. The molecule has 1 unspecified atom stereocenters. The predicted octanol–water partition coefficient (Wildman–Crippen LogP) is 5.90. The predicted molar refractivity (Wildman–Crippen MR) is 143 cm³/mol. The van der Waals surface area contributed by atoms with Crippen LogP contribution in [-0.2, 0) is 19.4 Å². The second-order valence-electron chi connectivity index (χ2n) is 9.99. The van der Waals surface area contributed by atoms with Crippen LogP contribution in [0.4, 0.5) is 21.7 Å². The van der Waals surface area contributed by atoms with Crippen molar-refractivity contribution in [1.29, 1.82) is 0 Å². The van der Waals surface area contributed by atoms with Crippen molar-refractivity contribution in [2.75, 3.05) is 34.8 Å². The Bertz CT molecular complexity index is 1170. The van der Waals surface area contributed by atoms with Crippen molar-refractivity contribution < 1.29 is 4.39 Å². The minimum absolute atomic E-state index is 0.136. The van der Waals surface area contributed by atoms with Crippen molar-refractivity contribution in [3.8, 4) is 0 Å². The van der Waals surface area contributed by atoms with Gasteiger partial charge in [-0.15, -0.1) is 0 Å². The highest BCUT2D eigenvalue weighted by Crippen LogP contribution is 2.38. The number of pyridine rings is 1. The zero-order chi connectivity index (χ0) is 24.5. The first-order valence-electron chi connectivity index (χ1n) is 12.8. The Morgan fingerprint density at radius 3 is 2.77 bits per heavy atom. The highest BCUT2D eigenvalue weighted by molar-refractivity contribution is 5.69. The Hall–Kier alpha value is -3.12. The third-order valence-corrected chi connectivity index (χ3v) is 7.52. The number of hydrogen-bond acceptors (Lipinski definition) is 5. The topological polar surface area (TPSA) is 43.4 Å². The lowest BCUT2D eigenvalue weighted by Gasteiger charge is -2.24. The van der Waals surface area contributed by atoms with Crippen LogP contribution in [0.1, 0.15) is 49.3 Å². The van der Waals surface area contributed by atoms with Gasteiger partial charge in [0.2, 0.25) is 0 Å². The molecule has 2 aromatic rings. The lowest BCUT2D eigenvalue weighted by atomic mass is 10.0. The molecular weight excluding hydrogens is 437 g/mol. The summed E-state index contributed by atoms with van der Waals surface area (Å²) in [6.45, 7) is 17.8. The fourth-order valence-electron chi connectivity index (χ4n) is 5.69. The molecule has 1 aromatic carbocycles. The fourth-order valence-corrected chi connectivity index (χ4v) is 5.69. The van der Waals surface area contributed by atoms with Crippen molar-refractivity contribution in [2.45, 2.75) is 52.0 Å². The van der Waals surface area contributed by atoms with E-state index in [1.54, 1.807) is 6.07 Å². The van der Waals surface area contributed by atoms with Crippen LogP contribution in [0.3, 0.4) is 0 Å². The number of nitrogens with one attached hydrogen (secondary N) is 2. The number of aryl methyl sites for hydroxylation is 1. The zero-order valence-corrected chi connectivity index (χ0v) is 20.8. The summed E-state index contributed by atoms with van der Waals surface area (Å²) < 4.78 is 14.7. The van der Waals surface area contributed by atoms with Crippen molar-refractivity contribution in [2.24, 2.45) is 5.92 Å². The maximum atomic E-state index is 14.7. The summed E-state index contributed by atoms with van der Waals surface area (Å²) in [5.74, 6) is 2.32. The van der Waals surface area contributed by atoms with Gasteiger partial charge in [-0.2, -0.15) is 0 Å². The fraction of sp³-hybridized carbons (Fsp3) is 0.414. The highest BCUT2D eigenvalue weighted by Gasteiger charge is 2.28. The van der Waals surface area contributed by atoms with Crippen molar-refractivity contribution in [1.82, 2.24) is 10.3 Å². The van der Waals surface area contributed by atoms with E-state index in [0.29, 0.717) is 12.5 Å². The van der Waals surface area contributed by atoms with Crippen LogP contribution in [0.5, 0.6) is 0 Å². The number of fused-ring (bicyclic) bond motifs is 2. The molecule has 0 saturated carbocycles. The van der Waals surface area contributed by atoms with Crippen molar-refractivity contribution in [3.63, 3.8) is 0 Å². The number of aromatic nitrogens is 1. The Balaban J connectivity index is 1.13. The Morgan fingerprint density at radius 2 is 1.94 bits per heavy atom.